The standard InChI is InChI=1S/C13H19F2NO2S/c1-5-16-13(9(3)19(4,17)18)10-7-11(14)8(2)6-12(10)15/h6-7,9,13,16H,5H2,1-4H3. The lowest BCUT2D eigenvalue weighted by Gasteiger charge is -2.24. The van der Waals surface area contributed by atoms with Crippen LogP contribution in [-0.4, -0.2) is 26.5 Å². The molecule has 108 valence electrons. The van der Waals surface area contributed by atoms with Gasteiger partial charge in [0.15, 0.2) is 9.84 Å². The van der Waals surface area contributed by atoms with Gasteiger partial charge in [-0.05, 0) is 38.1 Å². The minimum atomic E-state index is -3.36. The second-order valence-corrected chi connectivity index (χ2v) is 7.10. The molecule has 0 aromatic heterocycles. The van der Waals surface area contributed by atoms with Gasteiger partial charge in [-0.3, -0.25) is 0 Å². The van der Waals surface area contributed by atoms with Crippen LogP contribution in [0.1, 0.15) is 31.0 Å². The van der Waals surface area contributed by atoms with Crippen LogP contribution < -0.4 is 5.32 Å². The quantitative estimate of drug-likeness (QED) is 0.906. The number of halogens is 2. The molecule has 0 aliphatic heterocycles. The van der Waals surface area contributed by atoms with Gasteiger partial charge >= 0.3 is 0 Å². The first kappa shape index (κ1) is 16.0. The third kappa shape index (κ3) is 3.73. The van der Waals surface area contributed by atoms with Gasteiger partial charge in [0.05, 0.1) is 11.3 Å². The van der Waals surface area contributed by atoms with Gasteiger partial charge in [0.1, 0.15) is 11.6 Å². The van der Waals surface area contributed by atoms with E-state index >= 15 is 0 Å². The lowest BCUT2D eigenvalue weighted by molar-refractivity contribution is 0.482. The number of sulfone groups is 1. The number of rotatable bonds is 5. The smallest absolute Gasteiger partial charge is 0.151 e. The predicted molar refractivity (Wildman–Crippen MR) is 71.8 cm³/mol. The van der Waals surface area contributed by atoms with Gasteiger partial charge in [0.25, 0.3) is 0 Å². The Hall–Kier alpha value is -1.01. The van der Waals surface area contributed by atoms with Crippen molar-refractivity contribution in [3.63, 3.8) is 0 Å². The van der Waals surface area contributed by atoms with Crippen LogP contribution in [0.2, 0.25) is 0 Å². The topological polar surface area (TPSA) is 46.2 Å². The third-order valence-electron chi connectivity index (χ3n) is 3.18. The van der Waals surface area contributed by atoms with E-state index in [1.54, 1.807) is 6.92 Å². The molecule has 3 nitrogen and oxygen atoms in total. The van der Waals surface area contributed by atoms with E-state index in [1.807, 2.05) is 0 Å². The average Bonchev–Trinajstić information content (AvgIpc) is 2.29. The van der Waals surface area contributed by atoms with Crippen molar-refractivity contribution in [2.45, 2.75) is 32.1 Å². The monoisotopic (exact) mass is 291 g/mol. The second kappa shape index (κ2) is 5.96. The summed E-state index contributed by atoms with van der Waals surface area (Å²) >= 11 is 0. The fourth-order valence-electron chi connectivity index (χ4n) is 1.90. The minimum absolute atomic E-state index is 0.0443. The van der Waals surface area contributed by atoms with Crippen LogP contribution in [-0.2, 0) is 9.84 Å². The van der Waals surface area contributed by atoms with Crippen LogP contribution in [0.4, 0.5) is 8.78 Å². The molecule has 0 radical (unpaired) electrons. The molecule has 0 aliphatic rings. The molecule has 1 aromatic rings. The van der Waals surface area contributed by atoms with Gasteiger partial charge in [0, 0.05) is 11.8 Å². The van der Waals surface area contributed by atoms with Crippen molar-refractivity contribution >= 4 is 9.84 Å². The van der Waals surface area contributed by atoms with Crippen LogP contribution in [0, 0.1) is 18.6 Å². The zero-order valence-electron chi connectivity index (χ0n) is 11.5. The predicted octanol–water partition coefficient (Wildman–Crippen LogP) is 2.36. The first-order valence-electron chi connectivity index (χ1n) is 6.06. The van der Waals surface area contributed by atoms with Gasteiger partial charge in [-0.1, -0.05) is 6.92 Å². The van der Waals surface area contributed by atoms with Gasteiger partial charge < -0.3 is 5.32 Å². The summed E-state index contributed by atoms with van der Waals surface area (Å²) < 4.78 is 50.8. The Morgan fingerprint density at radius 3 is 2.32 bits per heavy atom. The number of hydrogen-bond acceptors (Lipinski definition) is 3. The van der Waals surface area contributed by atoms with Crippen molar-refractivity contribution in [1.82, 2.24) is 5.32 Å². The molecular formula is C13H19F2NO2S. The van der Waals surface area contributed by atoms with Crippen LogP contribution in [0.15, 0.2) is 12.1 Å². The van der Waals surface area contributed by atoms with Crippen molar-refractivity contribution in [2.24, 2.45) is 0 Å². The zero-order valence-corrected chi connectivity index (χ0v) is 12.3. The molecule has 2 atom stereocenters. The van der Waals surface area contributed by atoms with E-state index in [9.17, 15) is 17.2 Å². The van der Waals surface area contributed by atoms with E-state index in [0.29, 0.717) is 6.54 Å². The van der Waals surface area contributed by atoms with E-state index in [1.165, 1.54) is 13.8 Å². The highest BCUT2D eigenvalue weighted by Gasteiger charge is 2.29. The SMILES string of the molecule is CCNC(c1cc(F)c(C)cc1F)C(C)S(C)(=O)=O. The maximum atomic E-state index is 14.0. The molecular weight excluding hydrogens is 272 g/mol. The summed E-state index contributed by atoms with van der Waals surface area (Å²) in [5.41, 5.74) is 0.242. The summed E-state index contributed by atoms with van der Waals surface area (Å²) in [4.78, 5) is 0. The van der Waals surface area contributed by atoms with Crippen molar-refractivity contribution in [1.29, 1.82) is 0 Å². The molecule has 19 heavy (non-hydrogen) atoms. The second-order valence-electron chi connectivity index (χ2n) is 4.69. The summed E-state index contributed by atoms with van der Waals surface area (Å²) in [6.45, 7) is 5.19. The Balaban J connectivity index is 3.31. The lowest BCUT2D eigenvalue weighted by Crippen LogP contribution is -2.35. The van der Waals surface area contributed by atoms with E-state index in [4.69, 9.17) is 0 Å². The molecule has 0 aliphatic carbocycles. The van der Waals surface area contributed by atoms with Crippen molar-refractivity contribution in [2.75, 3.05) is 12.8 Å². The fraction of sp³-hybridized carbons (Fsp3) is 0.538. The first-order chi connectivity index (χ1) is 8.68. The lowest BCUT2D eigenvalue weighted by atomic mass is 10.0. The van der Waals surface area contributed by atoms with E-state index in [-0.39, 0.29) is 11.1 Å². The number of nitrogens with one attached hydrogen (secondary N) is 1. The largest absolute Gasteiger partial charge is 0.309 e. The summed E-state index contributed by atoms with van der Waals surface area (Å²) in [7, 11) is -3.36. The fourth-order valence-corrected chi connectivity index (χ4v) is 2.63. The highest BCUT2D eigenvalue weighted by Crippen LogP contribution is 2.26. The highest BCUT2D eigenvalue weighted by molar-refractivity contribution is 7.91. The van der Waals surface area contributed by atoms with Gasteiger partial charge in [-0.25, -0.2) is 17.2 Å². The normalized spacial score (nSPS) is 15.3. The minimum Gasteiger partial charge on any atom is -0.309 e. The van der Waals surface area contributed by atoms with Crippen molar-refractivity contribution in [3.05, 3.63) is 34.9 Å². The summed E-state index contributed by atoms with van der Waals surface area (Å²) in [5.74, 6) is -1.14. The van der Waals surface area contributed by atoms with Crippen LogP contribution in [0.5, 0.6) is 0 Å². The van der Waals surface area contributed by atoms with Crippen molar-refractivity contribution in [3.8, 4) is 0 Å². The van der Waals surface area contributed by atoms with E-state index < -0.39 is 32.8 Å². The zero-order chi connectivity index (χ0) is 14.8. The molecule has 0 bridgehead atoms. The van der Waals surface area contributed by atoms with E-state index in [0.717, 1.165) is 18.4 Å². The molecule has 6 heteroatoms. The summed E-state index contributed by atoms with van der Waals surface area (Å²) in [6, 6.07) is 1.39. The van der Waals surface area contributed by atoms with Crippen molar-refractivity contribution < 1.29 is 17.2 Å². The third-order valence-corrected chi connectivity index (χ3v) is 4.80. The number of aryl methyl sites for hydroxylation is 1. The Kier molecular flexibility index (Phi) is 5.04. The molecule has 1 N–H and O–H groups in total. The maximum Gasteiger partial charge on any atom is 0.151 e. The van der Waals surface area contributed by atoms with Gasteiger partial charge in [-0.15, -0.1) is 0 Å². The van der Waals surface area contributed by atoms with Gasteiger partial charge in [0.2, 0.25) is 0 Å². The average molecular weight is 291 g/mol. The molecule has 0 saturated heterocycles. The molecule has 1 rings (SSSR count). The molecule has 0 spiro atoms. The molecule has 2 unspecified atom stereocenters. The number of benzene rings is 1. The van der Waals surface area contributed by atoms with Crippen LogP contribution in [0.3, 0.4) is 0 Å². The Morgan fingerprint density at radius 2 is 1.84 bits per heavy atom. The van der Waals surface area contributed by atoms with Gasteiger partial charge in [-0.2, -0.15) is 0 Å². The summed E-state index contributed by atoms with van der Waals surface area (Å²) in [6.07, 6.45) is 1.09. The highest BCUT2D eigenvalue weighted by atomic mass is 32.2. The molecule has 0 saturated carbocycles. The van der Waals surface area contributed by atoms with Crippen LogP contribution in [0.25, 0.3) is 0 Å². The Morgan fingerprint density at radius 1 is 1.26 bits per heavy atom. The molecule has 0 amide bonds. The Labute approximate surface area is 112 Å². The Bertz CT molecular complexity index is 558. The number of hydrogen-bond donors (Lipinski definition) is 1. The maximum absolute atomic E-state index is 14.0. The summed E-state index contributed by atoms with van der Waals surface area (Å²) in [5, 5.41) is 2.06. The molecule has 0 heterocycles. The van der Waals surface area contributed by atoms with E-state index in [2.05, 4.69) is 5.32 Å². The van der Waals surface area contributed by atoms with Crippen LogP contribution >= 0.6 is 0 Å². The first-order valence-corrected chi connectivity index (χ1v) is 8.01. The molecule has 1 aromatic carbocycles. The molecule has 0 fully saturated rings.